The van der Waals surface area contributed by atoms with Gasteiger partial charge in [0.1, 0.15) is 23.0 Å². The summed E-state index contributed by atoms with van der Waals surface area (Å²) in [5, 5.41) is 0. The average Bonchev–Trinajstić information content (AvgIpc) is 3.03. The summed E-state index contributed by atoms with van der Waals surface area (Å²) in [6.07, 6.45) is -4.61. The van der Waals surface area contributed by atoms with Gasteiger partial charge in [-0.05, 0) is 61.9 Å². The van der Waals surface area contributed by atoms with Crippen molar-refractivity contribution in [1.29, 1.82) is 0 Å². The summed E-state index contributed by atoms with van der Waals surface area (Å²) >= 11 is 0. The Bertz CT molecular complexity index is 1390. The van der Waals surface area contributed by atoms with Crippen molar-refractivity contribution in [2.45, 2.75) is 26.1 Å². The molecule has 1 amide bonds. The number of benzene rings is 3. The lowest BCUT2D eigenvalue weighted by molar-refractivity contribution is -0.138. The van der Waals surface area contributed by atoms with Crippen LogP contribution in [0.25, 0.3) is 0 Å². The summed E-state index contributed by atoms with van der Waals surface area (Å²) in [7, 11) is 1.58. The Kier molecular flexibility index (Phi) is 6.31. The van der Waals surface area contributed by atoms with E-state index in [4.69, 9.17) is 14.5 Å². The van der Waals surface area contributed by atoms with Gasteiger partial charge >= 0.3 is 6.18 Å². The Morgan fingerprint density at radius 3 is 2.57 bits per heavy atom. The van der Waals surface area contributed by atoms with Crippen LogP contribution in [0.5, 0.6) is 17.2 Å². The fourth-order valence-electron chi connectivity index (χ4n) is 4.75. The number of methoxy groups -OCH3 is 1. The largest absolute Gasteiger partial charge is 0.497 e. The van der Waals surface area contributed by atoms with Gasteiger partial charge < -0.3 is 19.3 Å². The van der Waals surface area contributed by atoms with E-state index in [1.807, 2.05) is 55.1 Å². The summed E-state index contributed by atoms with van der Waals surface area (Å²) in [4.78, 5) is 21.7. The average molecular weight is 510 g/mol. The molecule has 3 aromatic rings. The van der Waals surface area contributed by atoms with Crippen LogP contribution in [0.4, 0.5) is 18.9 Å². The SMILES string of the molecule is COc1ccc2c(c1)C(N1CCN(C(=O)c3ccccc3C(F)(F)F)[C@H](C)C1)=Nc1ccc(C)cc1O2. The van der Waals surface area contributed by atoms with E-state index in [9.17, 15) is 18.0 Å². The summed E-state index contributed by atoms with van der Waals surface area (Å²) in [6.45, 7) is 4.82. The highest BCUT2D eigenvalue weighted by atomic mass is 19.4. The minimum Gasteiger partial charge on any atom is -0.497 e. The number of aryl methyl sites for hydroxylation is 1. The highest BCUT2D eigenvalue weighted by Crippen LogP contribution is 2.40. The molecule has 1 fully saturated rings. The van der Waals surface area contributed by atoms with Gasteiger partial charge in [0.25, 0.3) is 5.91 Å². The van der Waals surface area contributed by atoms with Crippen LogP contribution >= 0.6 is 0 Å². The molecule has 9 heteroatoms. The Hall–Kier alpha value is -4.01. The first-order chi connectivity index (χ1) is 17.7. The number of carbonyl (C=O) groups excluding carboxylic acids is 1. The van der Waals surface area contributed by atoms with E-state index >= 15 is 0 Å². The molecule has 2 aliphatic heterocycles. The van der Waals surface area contributed by atoms with Crippen LogP contribution < -0.4 is 9.47 Å². The van der Waals surface area contributed by atoms with Gasteiger partial charge in [-0.3, -0.25) is 4.79 Å². The normalized spacial score (nSPS) is 17.2. The minimum atomic E-state index is -4.61. The van der Waals surface area contributed by atoms with Crippen molar-refractivity contribution in [2.75, 3.05) is 26.7 Å². The third-order valence-electron chi connectivity index (χ3n) is 6.64. The Balaban J connectivity index is 1.47. The molecule has 0 radical (unpaired) electrons. The van der Waals surface area contributed by atoms with Gasteiger partial charge in [-0.15, -0.1) is 0 Å². The standard InChI is InChI=1S/C28H26F3N3O3/c1-17-8-10-23-25(14-17)37-24-11-9-19(36-3)15-21(24)26(32-23)33-12-13-34(18(2)16-33)27(35)20-6-4-5-7-22(20)28(29,30)31/h4-11,14-15,18H,12-13,16H2,1-3H3/t18-/m1/s1. The topological polar surface area (TPSA) is 54.4 Å². The Morgan fingerprint density at radius 2 is 1.84 bits per heavy atom. The molecule has 0 saturated carbocycles. The van der Waals surface area contributed by atoms with Crippen LogP contribution in [0.1, 0.15) is 34.0 Å². The van der Waals surface area contributed by atoms with Crippen molar-refractivity contribution in [3.05, 3.63) is 82.9 Å². The van der Waals surface area contributed by atoms with Crippen LogP contribution in [0.3, 0.4) is 0 Å². The summed E-state index contributed by atoms with van der Waals surface area (Å²) in [5.41, 5.74) is 1.18. The molecule has 0 N–H and O–H groups in total. The smallest absolute Gasteiger partial charge is 0.417 e. The first kappa shape index (κ1) is 24.7. The Labute approximate surface area is 212 Å². The van der Waals surface area contributed by atoms with Crippen LogP contribution in [-0.4, -0.2) is 54.3 Å². The number of rotatable bonds is 2. The molecular formula is C28H26F3N3O3. The van der Waals surface area contributed by atoms with Gasteiger partial charge in [-0.25, -0.2) is 4.99 Å². The number of amidine groups is 1. The number of nitrogens with zero attached hydrogens (tertiary/aromatic N) is 3. The predicted molar refractivity (Wildman–Crippen MR) is 134 cm³/mol. The molecule has 0 spiro atoms. The van der Waals surface area contributed by atoms with Gasteiger partial charge in [0, 0.05) is 25.7 Å². The molecule has 0 aliphatic carbocycles. The minimum absolute atomic E-state index is 0.242. The molecule has 1 atom stereocenters. The molecule has 0 bridgehead atoms. The first-order valence-electron chi connectivity index (χ1n) is 11.9. The lowest BCUT2D eigenvalue weighted by Crippen LogP contribution is -2.55. The molecule has 37 heavy (non-hydrogen) atoms. The number of ether oxygens (including phenoxy) is 2. The first-order valence-corrected chi connectivity index (χ1v) is 11.9. The van der Waals surface area contributed by atoms with Crippen molar-refractivity contribution in [1.82, 2.24) is 9.80 Å². The fraction of sp³-hybridized carbons (Fsp3) is 0.286. The molecule has 6 nitrogen and oxygen atoms in total. The van der Waals surface area contributed by atoms with Gasteiger partial charge in [-0.2, -0.15) is 13.2 Å². The van der Waals surface area contributed by atoms with Crippen LogP contribution in [0, 0.1) is 6.92 Å². The lowest BCUT2D eigenvalue weighted by Gasteiger charge is -2.41. The number of aliphatic imine (C=N–C) groups is 1. The number of carbonyl (C=O) groups is 1. The summed E-state index contributed by atoms with van der Waals surface area (Å²) in [6, 6.07) is 15.8. The van der Waals surface area contributed by atoms with Gasteiger partial charge in [0.15, 0.2) is 5.75 Å². The zero-order valence-corrected chi connectivity index (χ0v) is 20.7. The highest BCUT2D eigenvalue weighted by Gasteiger charge is 2.38. The molecule has 2 aliphatic rings. The van der Waals surface area contributed by atoms with Gasteiger partial charge in [0.2, 0.25) is 0 Å². The molecule has 5 rings (SSSR count). The lowest BCUT2D eigenvalue weighted by atomic mass is 10.0. The van der Waals surface area contributed by atoms with Crippen molar-refractivity contribution in [2.24, 2.45) is 4.99 Å². The molecular weight excluding hydrogens is 483 g/mol. The molecule has 192 valence electrons. The van der Waals surface area contributed by atoms with E-state index in [1.165, 1.54) is 23.1 Å². The molecule has 2 heterocycles. The quantitative estimate of drug-likeness (QED) is 0.422. The second-order valence-corrected chi connectivity index (χ2v) is 9.21. The summed E-state index contributed by atoms with van der Waals surface area (Å²) < 4.78 is 52.3. The number of halogens is 3. The van der Waals surface area contributed by atoms with Crippen LogP contribution in [0.2, 0.25) is 0 Å². The van der Waals surface area contributed by atoms with Crippen molar-refractivity contribution in [3.8, 4) is 17.2 Å². The van der Waals surface area contributed by atoms with E-state index in [2.05, 4.69) is 0 Å². The van der Waals surface area contributed by atoms with E-state index < -0.39 is 17.6 Å². The maximum absolute atomic E-state index is 13.5. The zero-order chi connectivity index (χ0) is 26.3. The highest BCUT2D eigenvalue weighted by molar-refractivity contribution is 6.04. The van der Waals surface area contributed by atoms with Gasteiger partial charge in [-0.1, -0.05) is 18.2 Å². The molecule has 0 aromatic heterocycles. The number of piperazine rings is 1. The number of hydrogen-bond donors (Lipinski definition) is 0. The third-order valence-corrected chi connectivity index (χ3v) is 6.64. The van der Waals surface area contributed by atoms with E-state index in [0.717, 1.165) is 17.2 Å². The van der Waals surface area contributed by atoms with Gasteiger partial charge in [0.05, 0.1) is 23.8 Å². The summed E-state index contributed by atoms with van der Waals surface area (Å²) in [5.74, 6) is 1.92. The Morgan fingerprint density at radius 1 is 1.05 bits per heavy atom. The second kappa shape index (κ2) is 9.46. The number of hydrogen-bond acceptors (Lipinski definition) is 5. The zero-order valence-electron chi connectivity index (χ0n) is 20.7. The third kappa shape index (κ3) is 4.73. The molecule has 1 saturated heterocycles. The van der Waals surface area contributed by atoms with E-state index in [1.54, 1.807) is 7.11 Å². The monoisotopic (exact) mass is 509 g/mol. The fourth-order valence-corrected chi connectivity index (χ4v) is 4.75. The van der Waals surface area contributed by atoms with Crippen LogP contribution in [0.15, 0.2) is 65.7 Å². The van der Waals surface area contributed by atoms with Crippen molar-refractivity contribution >= 4 is 17.4 Å². The van der Waals surface area contributed by atoms with Crippen molar-refractivity contribution in [3.63, 3.8) is 0 Å². The van der Waals surface area contributed by atoms with E-state index in [-0.39, 0.29) is 18.2 Å². The number of fused-ring (bicyclic) bond motifs is 2. The van der Waals surface area contributed by atoms with E-state index in [0.29, 0.717) is 41.9 Å². The van der Waals surface area contributed by atoms with Crippen LogP contribution in [-0.2, 0) is 6.18 Å². The number of alkyl halides is 3. The maximum atomic E-state index is 13.5. The maximum Gasteiger partial charge on any atom is 0.417 e. The van der Waals surface area contributed by atoms with Crippen molar-refractivity contribution < 1.29 is 27.4 Å². The second-order valence-electron chi connectivity index (χ2n) is 9.21. The molecule has 3 aromatic carbocycles. The predicted octanol–water partition coefficient (Wildman–Crippen LogP) is 6.05. The number of amides is 1. The molecule has 0 unspecified atom stereocenters.